The second kappa shape index (κ2) is 11.9. The molecule has 1 rings (SSSR count). The van der Waals surface area contributed by atoms with Crippen molar-refractivity contribution in [3.63, 3.8) is 0 Å². The molecule has 0 unspecified atom stereocenters. The lowest BCUT2D eigenvalue weighted by Crippen LogP contribution is -1.95. The van der Waals surface area contributed by atoms with Gasteiger partial charge in [-0.15, -0.1) is 0 Å². The van der Waals surface area contributed by atoms with Crippen molar-refractivity contribution >= 4 is 0 Å². The van der Waals surface area contributed by atoms with Crippen molar-refractivity contribution < 1.29 is 9.84 Å². The van der Waals surface area contributed by atoms with Crippen LogP contribution in [-0.4, -0.2) is 18.3 Å². The summed E-state index contributed by atoms with van der Waals surface area (Å²) in [6.45, 7) is 5.28. The standard InChI is InChI=1S/C11H13NO.C4H10O/c1-2-3-8-13-11-6-4-10(9-12)5-7-11;1-2-3-4-5/h4-7H,2-3,8H2,1H3;5H,2-4H2,1H3. The fraction of sp³-hybridized carbons (Fsp3) is 0.533. The van der Waals surface area contributed by atoms with Crippen LogP contribution >= 0.6 is 0 Å². The number of nitrogens with zero attached hydrogens (tertiary/aromatic N) is 1. The van der Waals surface area contributed by atoms with E-state index in [-0.39, 0.29) is 0 Å². The number of nitriles is 1. The first-order valence-electron chi connectivity index (χ1n) is 6.52. The Morgan fingerprint density at radius 3 is 2.11 bits per heavy atom. The van der Waals surface area contributed by atoms with Gasteiger partial charge in [0.2, 0.25) is 0 Å². The summed E-state index contributed by atoms with van der Waals surface area (Å²) in [4.78, 5) is 0. The van der Waals surface area contributed by atoms with Crippen LogP contribution < -0.4 is 4.74 Å². The molecule has 1 aromatic rings. The molecule has 3 heteroatoms. The van der Waals surface area contributed by atoms with E-state index in [4.69, 9.17) is 15.1 Å². The van der Waals surface area contributed by atoms with E-state index >= 15 is 0 Å². The monoisotopic (exact) mass is 249 g/mol. The zero-order valence-corrected chi connectivity index (χ0v) is 11.4. The number of ether oxygens (including phenoxy) is 1. The van der Waals surface area contributed by atoms with Crippen molar-refractivity contribution in [3.8, 4) is 11.8 Å². The number of rotatable bonds is 6. The van der Waals surface area contributed by atoms with Gasteiger partial charge in [0.05, 0.1) is 18.2 Å². The van der Waals surface area contributed by atoms with Gasteiger partial charge in [-0.1, -0.05) is 26.7 Å². The maximum absolute atomic E-state index is 8.55. The first-order valence-corrected chi connectivity index (χ1v) is 6.52. The molecule has 0 aliphatic rings. The summed E-state index contributed by atoms with van der Waals surface area (Å²) in [5, 5.41) is 16.6. The van der Waals surface area contributed by atoms with Crippen LogP contribution in [0.4, 0.5) is 0 Å². The number of benzene rings is 1. The van der Waals surface area contributed by atoms with Crippen LogP contribution in [0.25, 0.3) is 0 Å². The van der Waals surface area contributed by atoms with Crippen molar-refractivity contribution in [1.82, 2.24) is 0 Å². The number of hydrogen-bond donors (Lipinski definition) is 1. The van der Waals surface area contributed by atoms with Gasteiger partial charge < -0.3 is 9.84 Å². The zero-order valence-electron chi connectivity index (χ0n) is 11.4. The average molecular weight is 249 g/mol. The Morgan fingerprint density at radius 1 is 1.11 bits per heavy atom. The smallest absolute Gasteiger partial charge is 0.119 e. The molecule has 0 saturated carbocycles. The van der Waals surface area contributed by atoms with Crippen LogP contribution in [0, 0.1) is 11.3 Å². The zero-order chi connectivity index (χ0) is 13.6. The van der Waals surface area contributed by atoms with Crippen LogP contribution in [0.1, 0.15) is 45.1 Å². The second-order valence-electron chi connectivity index (χ2n) is 3.92. The maximum Gasteiger partial charge on any atom is 0.119 e. The minimum Gasteiger partial charge on any atom is -0.494 e. The van der Waals surface area contributed by atoms with E-state index in [0.29, 0.717) is 12.2 Å². The minimum absolute atomic E-state index is 0.344. The predicted octanol–water partition coefficient (Wildman–Crippen LogP) is 3.52. The predicted molar refractivity (Wildman–Crippen MR) is 73.6 cm³/mol. The highest BCUT2D eigenvalue weighted by atomic mass is 16.5. The molecule has 0 amide bonds. The first-order chi connectivity index (χ1) is 8.78. The largest absolute Gasteiger partial charge is 0.494 e. The summed E-state index contributed by atoms with van der Waals surface area (Å²) < 4.78 is 5.44. The molecule has 0 radical (unpaired) electrons. The quantitative estimate of drug-likeness (QED) is 0.785. The van der Waals surface area contributed by atoms with Crippen LogP contribution in [0.2, 0.25) is 0 Å². The molecule has 0 bridgehead atoms. The molecule has 3 nitrogen and oxygen atoms in total. The Kier molecular flexibility index (Phi) is 10.9. The molecular formula is C15H23NO2. The molecule has 1 N–H and O–H groups in total. The lowest BCUT2D eigenvalue weighted by Gasteiger charge is -2.03. The van der Waals surface area contributed by atoms with Gasteiger partial charge in [-0.2, -0.15) is 5.26 Å². The van der Waals surface area contributed by atoms with Crippen molar-refractivity contribution in [2.24, 2.45) is 0 Å². The summed E-state index contributed by atoms with van der Waals surface area (Å²) in [6, 6.07) is 9.25. The van der Waals surface area contributed by atoms with Crippen LogP contribution in [0.5, 0.6) is 5.75 Å². The Balaban J connectivity index is 0.000000494. The molecule has 18 heavy (non-hydrogen) atoms. The van der Waals surface area contributed by atoms with Crippen LogP contribution in [0.3, 0.4) is 0 Å². The number of hydrogen-bond acceptors (Lipinski definition) is 3. The molecule has 0 fully saturated rings. The van der Waals surface area contributed by atoms with Gasteiger partial charge in [0.25, 0.3) is 0 Å². The molecule has 0 atom stereocenters. The van der Waals surface area contributed by atoms with Gasteiger partial charge in [-0.05, 0) is 37.1 Å². The molecule has 100 valence electrons. The van der Waals surface area contributed by atoms with E-state index in [0.717, 1.165) is 38.0 Å². The topological polar surface area (TPSA) is 53.2 Å². The SMILES string of the molecule is CCCCO.CCCCOc1ccc(C#N)cc1. The maximum atomic E-state index is 8.55. The molecule has 0 spiro atoms. The van der Waals surface area contributed by atoms with Crippen molar-refractivity contribution in [2.75, 3.05) is 13.2 Å². The van der Waals surface area contributed by atoms with E-state index in [1.807, 2.05) is 12.1 Å². The number of aliphatic hydroxyl groups is 1. The average Bonchev–Trinajstić information content (AvgIpc) is 2.41. The second-order valence-corrected chi connectivity index (χ2v) is 3.92. The Morgan fingerprint density at radius 2 is 1.72 bits per heavy atom. The fourth-order valence-corrected chi connectivity index (χ4v) is 1.12. The summed E-state index contributed by atoms with van der Waals surface area (Å²) in [7, 11) is 0. The van der Waals surface area contributed by atoms with Crippen molar-refractivity contribution in [1.29, 1.82) is 5.26 Å². The van der Waals surface area contributed by atoms with Gasteiger partial charge in [-0.3, -0.25) is 0 Å². The summed E-state index contributed by atoms with van der Waals surface area (Å²) in [5.41, 5.74) is 0.669. The summed E-state index contributed by atoms with van der Waals surface area (Å²) in [6.07, 6.45) is 4.24. The Hall–Kier alpha value is -1.53. The first kappa shape index (κ1) is 16.5. The number of aliphatic hydroxyl groups excluding tert-OH is 1. The molecule has 1 aromatic carbocycles. The molecule has 0 aliphatic heterocycles. The van der Waals surface area contributed by atoms with E-state index in [1.165, 1.54) is 0 Å². The third-order valence-corrected chi connectivity index (χ3v) is 2.26. The molecule has 0 heterocycles. The van der Waals surface area contributed by atoms with Crippen LogP contribution in [0.15, 0.2) is 24.3 Å². The third-order valence-electron chi connectivity index (χ3n) is 2.26. The summed E-state index contributed by atoms with van der Waals surface area (Å²) >= 11 is 0. The van der Waals surface area contributed by atoms with Gasteiger partial charge in [0.15, 0.2) is 0 Å². The van der Waals surface area contributed by atoms with Gasteiger partial charge in [-0.25, -0.2) is 0 Å². The van der Waals surface area contributed by atoms with E-state index < -0.39 is 0 Å². The number of unbranched alkanes of at least 4 members (excludes halogenated alkanes) is 2. The lowest BCUT2D eigenvalue weighted by atomic mass is 10.2. The van der Waals surface area contributed by atoms with E-state index in [1.54, 1.807) is 12.1 Å². The van der Waals surface area contributed by atoms with E-state index in [9.17, 15) is 0 Å². The highest BCUT2D eigenvalue weighted by molar-refractivity contribution is 5.34. The highest BCUT2D eigenvalue weighted by Gasteiger charge is 1.93. The summed E-state index contributed by atoms with van der Waals surface area (Å²) in [5.74, 6) is 0.840. The van der Waals surface area contributed by atoms with E-state index in [2.05, 4.69) is 19.9 Å². The Labute approximate surface area is 110 Å². The van der Waals surface area contributed by atoms with Crippen LogP contribution in [-0.2, 0) is 0 Å². The van der Waals surface area contributed by atoms with Crippen molar-refractivity contribution in [2.45, 2.75) is 39.5 Å². The normalized spacial score (nSPS) is 9.00. The third kappa shape index (κ3) is 8.60. The van der Waals surface area contributed by atoms with Crippen molar-refractivity contribution in [3.05, 3.63) is 29.8 Å². The fourth-order valence-electron chi connectivity index (χ4n) is 1.12. The van der Waals surface area contributed by atoms with Gasteiger partial charge >= 0.3 is 0 Å². The molecule has 0 aliphatic carbocycles. The van der Waals surface area contributed by atoms with Gasteiger partial charge in [0, 0.05) is 6.61 Å². The lowest BCUT2D eigenvalue weighted by molar-refractivity contribution is 0.287. The molecule has 0 saturated heterocycles. The Bertz CT molecular complexity index is 325. The highest BCUT2D eigenvalue weighted by Crippen LogP contribution is 2.11. The van der Waals surface area contributed by atoms with Gasteiger partial charge in [0.1, 0.15) is 5.75 Å². The molecule has 0 aromatic heterocycles. The molecular weight excluding hydrogens is 226 g/mol. The minimum atomic E-state index is 0.344.